The largest absolute Gasteiger partial charge is 0.474 e. The van der Waals surface area contributed by atoms with Gasteiger partial charge in [0, 0.05) is 46.7 Å². The molecule has 4 aliphatic heterocycles. The second-order valence-electron chi connectivity index (χ2n) is 15.1. The van der Waals surface area contributed by atoms with Gasteiger partial charge in [-0.2, -0.15) is 5.10 Å². The molecule has 4 atom stereocenters. The van der Waals surface area contributed by atoms with E-state index in [1.165, 1.54) is 44.7 Å². The molecule has 4 unspecified atom stereocenters. The second kappa shape index (κ2) is 19.9. The molecule has 3 aromatic heterocycles. The van der Waals surface area contributed by atoms with Crippen LogP contribution in [0.1, 0.15) is 73.8 Å². The van der Waals surface area contributed by atoms with E-state index in [1.54, 1.807) is 35.5 Å². The van der Waals surface area contributed by atoms with Gasteiger partial charge in [0.05, 0.1) is 34.1 Å². The summed E-state index contributed by atoms with van der Waals surface area (Å²) >= 11 is 18.3. The highest BCUT2D eigenvalue weighted by Gasteiger charge is 2.36. The fourth-order valence-electron chi connectivity index (χ4n) is 7.90. The summed E-state index contributed by atoms with van der Waals surface area (Å²) in [6.45, 7) is 3.92. The van der Waals surface area contributed by atoms with Crippen LogP contribution in [-0.2, 0) is 6.42 Å². The Morgan fingerprint density at radius 3 is 1.98 bits per heavy atom. The van der Waals surface area contributed by atoms with Crippen LogP contribution in [0.2, 0.25) is 15.2 Å². The molecular formula is C41H48Cl3N13O2. The number of piperidine rings is 2. The van der Waals surface area contributed by atoms with Crippen molar-refractivity contribution in [3.05, 3.63) is 99.3 Å². The number of ether oxygens (including phenoxy) is 2. The molecule has 0 radical (unpaired) electrons. The third kappa shape index (κ3) is 11.2. The molecule has 0 saturated carbocycles. The molecule has 9 rings (SSSR count). The molecule has 0 amide bonds. The number of aromatic nitrogens is 7. The lowest BCUT2D eigenvalue weighted by atomic mass is 10.0. The summed E-state index contributed by atoms with van der Waals surface area (Å²) in [6, 6.07) is 13.4. The predicted molar refractivity (Wildman–Crippen MR) is 232 cm³/mol. The number of nitrogens with one attached hydrogen (secondary N) is 2. The smallest absolute Gasteiger partial charge is 0.221 e. The number of anilines is 1. The van der Waals surface area contributed by atoms with Crippen molar-refractivity contribution in [2.24, 2.45) is 15.7 Å². The molecule has 4 bridgehead atoms. The fourth-order valence-corrected chi connectivity index (χ4v) is 8.44. The van der Waals surface area contributed by atoms with Crippen LogP contribution in [0.4, 0.5) is 11.4 Å². The zero-order valence-corrected chi connectivity index (χ0v) is 35.2. The average molecular weight is 861 g/mol. The van der Waals surface area contributed by atoms with Gasteiger partial charge < -0.3 is 31.6 Å². The number of hydrogen-bond acceptors (Lipinski definition) is 12. The van der Waals surface area contributed by atoms with E-state index in [0.717, 1.165) is 60.1 Å². The van der Waals surface area contributed by atoms with E-state index in [4.69, 9.17) is 55.7 Å². The van der Waals surface area contributed by atoms with Crippen molar-refractivity contribution in [3.8, 4) is 17.4 Å². The quantitative estimate of drug-likeness (QED) is 0.0516. The number of hydrogen-bond donors (Lipinski definition) is 4. The van der Waals surface area contributed by atoms with E-state index in [-0.39, 0.29) is 12.2 Å². The Bertz CT molecular complexity index is 2220. The second-order valence-corrected chi connectivity index (χ2v) is 16.3. The Balaban J connectivity index is 0.000000149. The number of nitrogen functional groups attached to an aromatic ring is 1. The lowest BCUT2D eigenvalue weighted by Gasteiger charge is -2.29. The number of halogens is 3. The highest BCUT2D eigenvalue weighted by atomic mass is 35.5. The van der Waals surface area contributed by atoms with Crippen LogP contribution in [0.5, 0.6) is 11.8 Å². The first kappa shape index (κ1) is 42.2. The molecule has 18 heteroatoms. The van der Waals surface area contributed by atoms with Gasteiger partial charge >= 0.3 is 0 Å². The summed E-state index contributed by atoms with van der Waals surface area (Å²) < 4.78 is 14.0. The fraction of sp³-hybridized carbons (Fsp3) is 0.415. The Morgan fingerprint density at radius 2 is 1.41 bits per heavy atom. The van der Waals surface area contributed by atoms with Gasteiger partial charge in [0.15, 0.2) is 0 Å². The third-order valence-electron chi connectivity index (χ3n) is 11.0. The van der Waals surface area contributed by atoms with Crippen molar-refractivity contribution in [3.63, 3.8) is 0 Å². The maximum Gasteiger partial charge on any atom is 0.221 e. The van der Waals surface area contributed by atoms with E-state index in [1.807, 2.05) is 32.0 Å². The summed E-state index contributed by atoms with van der Waals surface area (Å²) in [7, 11) is 0. The Morgan fingerprint density at radius 1 is 0.780 bits per heavy atom. The van der Waals surface area contributed by atoms with E-state index < -0.39 is 0 Å². The zero-order chi connectivity index (χ0) is 41.3. The monoisotopic (exact) mass is 859 g/mol. The summed E-state index contributed by atoms with van der Waals surface area (Å²) in [5, 5.41) is 13.0. The molecule has 0 aliphatic carbocycles. The highest BCUT2D eigenvalue weighted by molar-refractivity contribution is 6.33. The van der Waals surface area contributed by atoms with Crippen LogP contribution >= 0.6 is 34.8 Å². The Kier molecular flexibility index (Phi) is 14.2. The Hall–Kier alpha value is -4.93. The van der Waals surface area contributed by atoms with Gasteiger partial charge in [0.2, 0.25) is 11.8 Å². The van der Waals surface area contributed by atoms with E-state index in [2.05, 4.69) is 50.6 Å². The molecule has 310 valence electrons. The summed E-state index contributed by atoms with van der Waals surface area (Å²) in [6.07, 6.45) is 19.1. The first-order valence-electron chi connectivity index (χ1n) is 19.7. The molecule has 4 fully saturated rings. The van der Waals surface area contributed by atoms with Gasteiger partial charge in [-0.25, -0.2) is 39.6 Å². The standard InChI is InChI=1S/C21H23ClN6O.C12H16ClN3O.C8H9ClN4/c1-13-20(6-14-2-5-17(9-19(14)22)28-12-23-10-26-28)24-11-25-21(13)29-18-7-15-3-4-16(8-18)27-15;1-7-11(13)14-6-15-12(7)17-10-4-8-2-3-9(5-10)16-8;9-7-3-6(1-2-8(7)11)13-5-12-4-10/h2,5,9-12,15-16,18,27H,3-4,6-8H2,1H3;6,8-10,16H,2-5H2,1H3;1-5H,11H2,(H2,10,12,13). The lowest BCUT2D eigenvalue weighted by molar-refractivity contribution is 0.130. The van der Waals surface area contributed by atoms with Crippen molar-refractivity contribution < 1.29 is 9.47 Å². The molecule has 4 saturated heterocycles. The van der Waals surface area contributed by atoms with Gasteiger partial charge in [-0.15, -0.1) is 0 Å². The van der Waals surface area contributed by atoms with Crippen molar-refractivity contribution in [2.75, 3.05) is 5.73 Å². The van der Waals surface area contributed by atoms with Gasteiger partial charge in [-0.05, 0) is 101 Å². The molecule has 6 N–H and O–H groups in total. The van der Waals surface area contributed by atoms with Crippen LogP contribution in [0, 0.1) is 13.8 Å². The van der Waals surface area contributed by atoms with Crippen LogP contribution in [0.3, 0.4) is 0 Å². The molecule has 15 nitrogen and oxygen atoms in total. The molecule has 59 heavy (non-hydrogen) atoms. The first-order chi connectivity index (χ1) is 28.6. The van der Waals surface area contributed by atoms with Gasteiger partial charge in [0.1, 0.15) is 49.0 Å². The number of benzene rings is 2. The summed E-state index contributed by atoms with van der Waals surface area (Å²) in [5.74, 6) is 1.33. The summed E-state index contributed by atoms with van der Waals surface area (Å²) in [4.78, 5) is 28.5. The average Bonchev–Trinajstić information content (AvgIpc) is 3.98. The highest BCUT2D eigenvalue weighted by Crippen LogP contribution is 2.33. The minimum Gasteiger partial charge on any atom is -0.474 e. The van der Waals surface area contributed by atoms with Crippen molar-refractivity contribution >= 4 is 58.9 Å². The zero-order valence-electron chi connectivity index (χ0n) is 32.9. The number of aliphatic imine (C=N–C) groups is 2. The number of nitrogens with two attached hydrogens (primary N) is 2. The van der Waals surface area contributed by atoms with Crippen LogP contribution < -0.4 is 31.6 Å². The first-order valence-corrected chi connectivity index (χ1v) is 20.8. The SMILES string of the molecule is Cc1c(Cc2ccc(-n3cncn3)cc2Cl)ncnc1OC1CC2CCC(C1)N2.Cc1c(Cl)ncnc1OC1CC2CCC(C1)N2.NC=NC=Nc1ccc(N)c(Cl)c1. The number of nitrogens with zero attached hydrogens (tertiary/aromatic N) is 9. The molecular weight excluding hydrogens is 813 g/mol. The molecule has 0 spiro atoms. The molecule has 5 aromatic rings. The topological polar surface area (TPSA) is 202 Å². The summed E-state index contributed by atoms with van der Waals surface area (Å²) in [5.41, 5.74) is 16.4. The van der Waals surface area contributed by atoms with Crippen molar-refractivity contribution in [1.82, 2.24) is 45.3 Å². The minimum atomic E-state index is 0.223. The van der Waals surface area contributed by atoms with Gasteiger partial charge in [-0.1, -0.05) is 40.9 Å². The maximum absolute atomic E-state index is 6.54. The molecule has 2 aromatic carbocycles. The predicted octanol–water partition coefficient (Wildman–Crippen LogP) is 6.94. The van der Waals surface area contributed by atoms with Gasteiger partial charge in [-0.3, -0.25) is 0 Å². The van der Waals surface area contributed by atoms with Crippen LogP contribution in [0.25, 0.3) is 5.69 Å². The van der Waals surface area contributed by atoms with E-state index in [0.29, 0.717) is 68.9 Å². The molecule has 7 heterocycles. The van der Waals surface area contributed by atoms with Crippen molar-refractivity contribution in [2.45, 2.75) is 108 Å². The number of rotatable bonds is 9. The lowest BCUT2D eigenvalue weighted by Crippen LogP contribution is -2.42. The van der Waals surface area contributed by atoms with Gasteiger partial charge in [0.25, 0.3) is 0 Å². The van der Waals surface area contributed by atoms with Crippen molar-refractivity contribution in [1.29, 1.82) is 0 Å². The third-order valence-corrected chi connectivity index (χ3v) is 12.0. The van der Waals surface area contributed by atoms with E-state index >= 15 is 0 Å². The molecule has 4 aliphatic rings. The van der Waals surface area contributed by atoms with E-state index in [9.17, 15) is 0 Å². The maximum atomic E-state index is 6.54. The minimum absolute atomic E-state index is 0.223. The Labute approximate surface area is 358 Å². The normalized spacial score (nSPS) is 23.1. The van der Waals surface area contributed by atoms with Crippen LogP contribution in [0.15, 0.2) is 71.7 Å². The number of fused-ring (bicyclic) bond motifs is 4. The van der Waals surface area contributed by atoms with Crippen LogP contribution in [-0.4, -0.2) is 83.8 Å².